The molecule has 0 aliphatic carbocycles. The van der Waals surface area contributed by atoms with Crippen LogP contribution in [0.15, 0.2) is 65.7 Å². The number of ether oxygens (including phenoxy) is 1. The quantitative estimate of drug-likeness (QED) is 0.249. The second-order valence-corrected chi connectivity index (χ2v) is 9.94. The monoisotopic (exact) mass is 488 g/mol. The van der Waals surface area contributed by atoms with Crippen molar-refractivity contribution >= 4 is 23.3 Å². The van der Waals surface area contributed by atoms with Crippen LogP contribution in [0.1, 0.15) is 43.1 Å². The fourth-order valence-electron chi connectivity index (χ4n) is 4.13. The number of rotatable bonds is 11. The van der Waals surface area contributed by atoms with E-state index in [1.54, 1.807) is 12.1 Å². The third-order valence-electron chi connectivity index (χ3n) is 6.04. The van der Waals surface area contributed by atoms with Gasteiger partial charge < -0.3 is 31.3 Å². The van der Waals surface area contributed by atoms with Gasteiger partial charge in [-0.15, -0.1) is 0 Å². The van der Waals surface area contributed by atoms with Gasteiger partial charge in [0.05, 0.1) is 6.10 Å². The minimum absolute atomic E-state index is 0.167. The van der Waals surface area contributed by atoms with Crippen LogP contribution < -0.4 is 21.1 Å². The Morgan fingerprint density at radius 1 is 1.03 bits per heavy atom. The van der Waals surface area contributed by atoms with Gasteiger partial charge in [0, 0.05) is 29.7 Å². The van der Waals surface area contributed by atoms with Crippen molar-refractivity contribution in [2.45, 2.75) is 44.8 Å². The molecule has 6 N–H and O–H groups in total. The molecule has 0 fully saturated rings. The number of aliphatic hydroxyl groups excluding tert-OH is 1. The first-order chi connectivity index (χ1) is 17.3. The number of nitrogens with two attached hydrogens (primary N) is 1. The minimum atomic E-state index is -0.641. The smallest absolute Gasteiger partial charge is 0.141 e. The Bertz CT molecular complexity index is 1170. The fourth-order valence-corrected chi connectivity index (χ4v) is 4.13. The van der Waals surface area contributed by atoms with E-state index in [0.29, 0.717) is 18.8 Å². The Labute approximate surface area is 213 Å². The molecular weight excluding hydrogens is 452 g/mol. The number of anilines is 2. The fraction of sp³-hybridized carbons (Fsp3) is 0.345. The number of nitrogens with one attached hydrogen (secondary N) is 2. The number of aliphatic imine (C=N–C) groups is 1. The maximum absolute atomic E-state index is 10.7. The molecule has 1 aliphatic rings. The lowest BCUT2D eigenvalue weighted by Gasteiger charge is -2.20. The summed E-state index contributed by atoms with van der Waals surface area (Å²) in [6.07, 6.45) is 3.63. The van der Waals surface area contributed by atoms with Crippen LogP contribution in [0.5, 0.6) is 11.5 Å². The van der Waals surface area contributed by atoms with Crippen molar-refractivity contribution in [2.24, 2.45) is 10.7 Å². The summed E-state index contributed by atoms with van der Waals surface area (Å²) in [5.41, 5.74) is 11.2. The number of phenolic OH excluding ortho intramolecular Hbond substituents is 1. The standard InChI is InChI=1S/C29H36N4O3/c1-29(2,30)19-36-23-11-9-22(10-12-23)33-21-7-5-20(6-8-21)15-17-31-18-27(35)24-13-14-26(34)28-25(24)4-3-16-32-28/h5-14,16,27,31,33-35H,3-4,15,17-19,30H2,1-2H3. The zero-order chi connectivity index (χ0) is 25.5. The maximum Gasteiger partial charge on any atom is 0.141 e. The Morgan fingerprint density at radius 3 is 2.42 bits per heavy atom. The van der Waals surface area contributed by atoms with Gasteiger partial charge in [-0.05, 0) is 98.8 Å². The Kier molecular flexibility index (Phi) is 8.25. The average molecular weight is 489 g/mol. The second kappa shape index (κ2) is 11.6. The highest BCUT2D eigenvalue weighted by atomic mass is 16.5. The van der Waals surface area contributed by atoms with Crippen molar-refractivity contribution in [2.75, 3.05) is 25.0 Å². The molecule has 7 nitrogen and oxygen atoms in total. The van der Waals surface area contributed by atoms with Crippen LogP contribution in [0, 0.1) is 0 Å². The molecule has 1 aliphatic heterocycles. The highest BCUT2D eigenvalue weighted by Gasteiger charge is 2.19. The van der Waals surface area contributed by atoms with Gasteiger partial charge in [0.15, 0.2) is 0 Å². The highest BCUT2D eigenvalue weighted by molar-refractivity contribution is 5.73. The summed E-state index contributed by atoms with van der Waals surface area (Å²) in [6, 6.07) is 19.6. The van der Waals surface area contributed by atoms with Crippen molar-refractivity contribution in [3.05, 3.63) is 77.4 Å². The largest absolute Gasteiger partial charge is 0.506 e. The number of aromatic hydroxyl groups is 1. The molecule has 0 aromatic heterocycles. The third kappa shape index (κ3) is 7.07. The third-order valence-corrected chi connectivity index (χ3v) is 6.04. The molecule has 1 atom stereocenters. The van der Waals surface area contributed by atoms with Crippen LogP contribution in [-0.2, 0) is 12.8 Å². The van der Waals surface area contributed by atoms with E-state index in [1.807, 2.05) is 44.3 Å². The van der Waals surface area contributed by atoms with Crippen molar-refractivity contribution < 1.29 is 14.9 Å². The van der Waals surface area contributed by atoms with Gasteiger partial charge in [-0.2, -0.15) is 0 Å². The van der Waals surface area contributed by atoms with Crippen LogP contribution in [0.3, 0.4) is 0 Å². The number of aliphatic hydroxyl groups is 1. The van der Waals surface area contributed by atoms with E-state index < -0.39 is 6.10 Å². The summed E-state index contributed by atoms with van der Waals surface area (Å²) in [5.74, 6) is 0.964. The molecular formula is C29H36N4O3. The van der Waals surface area contributed by atoms with Crippen LogP contribution in [0.25, 0.3) is 0 Å². The topological polar surface area (TPSA) is 112 Å². The Morgan fingerprint density at radius 2 is 1.72 bits per heavy atom. The molecule has 3 aromatic rings. The van der Waals surface area contributed by atoms with Crippen molar-refractivity contribution in [1.82, 2.24) is 5.32 Å². The lowest BCUT2D eigenvalue weighted by molar-refractivity contribution is 0.174. The molecule has 0 radical (unpaired) electrons. The number of hydrogen-bond acceptors (Lipinski definition) is 7. The first kappa shape index (κ1) is 25.7. The van der Waals surface area contributed by atoms with E-state index in [2.05, 4.69) is 39.9 Å². The molecule has 4 rings (SSSR count). The molecule has 0 saturated heterocycles. The Balaban J connectivity index is 1.22. The lowest BCUT2D eigenvalue weighted by Crippen LogP contribution is -2.38. The Hall–Kier alpha value is -3.39. The maximum atomic E-state index is 10.7. The molecule has 0 bridgehead atoms. The molecule has 190 valence electrons. The van der Waals surface area contributed by atoms with Crippen molar-refractivity contribution in [1.29, 1.82) is 0 Å². The minimum Gasteiger partial charge on any atom is -0.506 e. The molecule has 3 aromatic carbocycles. The highest BCUT2D eigenvalue weighted by Crippen LogP contribution is 2.37. The second-order valence-electron chi connectivity index (χ2n) is 9.94. The van der Waals surface area contributed by atoms with Gasteiger partial charge in [-0.3, -0.25) is 4.99 Å². The molecule has 1 unspecified atom stereocenters. The lowest BCUT2D eigenvalue weighted by atomic mass is 9.95. The zero-order valence-electron chi connectivity index (χ0n) is 21.0. The summed E-state index contributed by atoms with van der Waals surface area (Å²) in [4.78, 5) is 4.30. The average Bonchev–Trinajstić information content (AvgIpc) is 2.87. The van der Waals surface area contributed by atoms with E-state index >= 15 is 0 Å². The number of nitrogens with zero attached hydrogens (tertiary/aromatic N) is 1. The van der Waals surface area contributed by atoms with E-state index in [0.717, 1.165) is 54.1 Å². The number of benzene rings is 3. The van der Waals surface area contributed by atoms with E-state index in [4.69, 9.17) is 10.5 Å². The van der Waals surface area contributed by atoms with Gasteiger partial charge in [-0.25, -0.2) is 0 Å². The summed E-state index contributed by atoms with van der Waals surface area (Å²) in [6.45, 7) is 5.53. The van der Waals surface area contributed by atoms with E-state index in [-0.39, 0.29) is 11.3 Å². The molecule has 7 heteroatoms. The first-order valence-electron chi connectivity index (χ1n) is 12.4. The summed E-state index contributed by atoms with van der Waals surface area (Å²) < 4.78 is 5.72. The molecule has 0 amide bonds. The number of hydrogen-bond donors (Lipinski definition) is 5. The molecule has 1 heterocycles. The number of fused-ring (bicyclic) bond motifs is 1. The first-order valence-corrected chi connectivity index (χ1v) is 12.4. The van der Waals surface area contributed by atoms with Gasteiger partial charge in [0.1, 0.15) is 23.8 Å². The van der Waals surface area contributed by atoms with E-state index in [1.165, 1.54) is 5.56 Å². The predicted molar refractivity (Wildman–Crippen MR) is 146 cm³/mol. The van der Waals surface area contributed by atoms with E-state index in [9.17, 15) is 10.2 Å². The zero-order valence-corrected chi connectivity index (χ0v) is 21.0. The summed E-state index contributed by atoms with van der Waals surface area (Å²) in [7, 11) is 0. The van der Waals surface area contributed by atoms with Gasteiger partial charge >= 0.3 is 0 Å². The van der Waals surface area contributed by atoms with Gasteiger partial charge in [0.25, 0.3) is 0 Å². The van der Waals surface area contributed by atoms with Crippen molar-refractivity contribution in [3.8, 4) is 11.5 Å². The van der Waals surface area contributed by atoms with Crippen LogP contribution in [0.2, 0.25) is 0 Å². The molecule has 36 heavy (non-hydrogen) atoms. The van der Waals surface area contributed by atoms with Gasteiger partial charge in [0.2, 0.25) is 0 Å². The van der Waals surface area contributed by atoms with Crippen LogP contribution in [-0.4, -0.2) is 41.7 Å². The van der Waals surface area contributed by atoms with Crippen LogP contribution in [0.4, 0.5) is 17.1 Å². The van der Waals surface area contributed by atoms with Crippen LogP contribution >= 0.6 is 0 Å². The number of phenols is 1. The predicted octanol–water partition coefficient (Wildman–Crippen LogP) is 4.77. The summed E-state index contributed by atoms with van der Waals surface area (Å²) in [5, 5.41) is 27.5. The molecule has 0 saturated carbocycles. The van der Waals surface area contributed by atoms with Gasteiger partial charge in [-0.1, -0.05) is 18.2 Å². The van der Waals surface area contributed by atoms with Crippen molar-refractivity contribution in [3.63, 3.8) is 0 Å². The SMILES string of the molecule is CC(C)(N)COc1ccc(Nc2ccc(CCNCC(O)c3ccc(O)c4c3CCC=N4)cc2)cc1. The summed E-state index contributed by atoms with van der Waals surface area (Å²) >= 11 is 0. The molecule has 0 spiro atoms. The normalized spacial score (nSPS) is 13.8.